The molecule has 2 fully saturated rings. The summed E-state index contributed by atoms with van der Waals surface area (Å²) in [6.07, 6.45) is 2.08. The Morgan fingerprint density at radius 1 is 1.03 bits per heavy atom. The predicted molar refractivity (Wildman–Crippen MR) is 136 cm³/mol. The lowest BCUT2D eigenvalue weighted by molar-refractivity contribution is 0.0331. The Morgan fingerprint density at radius 2 is 1.76 bits per heavy atom. The van der Waals surface area contributed by atoms with Gasteiger partial charge in [-0.1, -0.05) is 12.1 Å². The zero-order valence-corrected chi connectivity index (χ0v) is 21.2. The second-order valence-electron chi connectivity index (χ2n) is 9.00. The van der Waals surface area contributed by atoms with E-state index in [1.54, 1.807) is 11.3 Å². The van der Waals surface area contributed by atoms with Crippen LogP contribution in [0.2, 0.25) is 0 Å². The fourth-order valence-electron chi connectivity index (χ4n) is 4.72. The lowest BCUT2D eigenvalue weighted by atomic mass is 10.1. The van der Waals surface area contributed by atoms with E-state index in [0.29, 0.717) is 6.61 Å². The van der Waals surface area contributed by atoms with Crippen molar-refractivity contribution in [2.24, 2.45) is 0 Å². The van der Waals surface area contributed by atoms with Crippen LogP contribution in [0.1, 0.15) is 36.0 Å². The minimum Gasteiger partial charge on any atom is -0.490 e. The van der Waals surface area contributed by atoms with E-state index in [2.05, 4.69) is 23.6 Å². The number of morpholine rings is 1. The molecule has 0 spiro atoms. The van der Waals surface area contributed by atoms with Crippen molar-refractivity contribution in [1.82, 2.24) is 14.9 Å². The summed E-state index contributed by atoms with van der Waals surface area (Å²) >= 11 is 1.78. The molecule has 0 N–H and O–H groups in total. The number of aryl methyl sites for hydroxylation is 2. The number of ether oxygens (including phenoxy) is 3. The van der Waals surface area contributed by atoms with Gasteiger partial charge in [-0.2, -0.15) is 0 Å². The van der Waals surface area contributed by atoms with Gasteiger partial charge in [0.15, 0.2) is 11.5 Å². The van der Waals surface area contributed by atoms with Crippen LogP contribution < -0.4 is 14.4 Å². The number of benzene rings is 1. The molecule has 4 heterocycles. The number of nitrogens with zero attached hydrogens (tertiary/aromatic N) is 4. The average molecular weight is 483 g/mol. The molecule has 1 aromatic carbocycles. The van der Waals surface area contributed by atoms with Crippen molar-refractivity contribution in [1.29, 1.82) is 0 Å². The van der Waals surface area contributed by atoms with E-state index in [0.717, 1.165) is 86.8 Å². The molecule has 7 nitrogen and oxygen atoms in total. The maximum absolute atomic E-state index is 6.36. The molecule has 0 saturated carbocycles. The minimum atomic E-state index is 0.174. The van der Waals surface area contributed by atoms with Crippen molar-refractivity contribution in [3.8, 4) is 11.5 Å². The van der Waals surface area contributed by atoms with E-state index < -0.39 is 0 Å². The van der Waals surface area contributed by atoms with Crippen molar-refractivity contribution in [2.45, 2.75) is 46.3 Å². The summed E-state index contributed by atoms with van der Waals surface area (Å²) in [6.45, 7) is 13.1. The molecule has 0 radical (unpaired) electrons. The summed E-state index contributed by atoms with van der Waals surface area (Å²) in [7, 11) is 0. The van der Waals surface area contributed by atoms with Crippen LogP contribution in [-0.2, 0) is 11.3 Å². The standard InChI is InChI=1S/C26H34N4O3S/c1-4-32-21-7-5-6-8-22(21)33-20-9-11-30(12-10-20)25-24-18(2)19(3)34-26(24)28-23(27-25)17-29-13-15-31-16-14-29/h5-8,20H,4,9-17H2,1-3H3. The van der Waals surface area contributed by atoms with E-state index in [1.807, 2.05) is 31.2 Å². The molecule has 5 rings (SSSR count). The lowest BCUT2D eigenvalue weighted by Crippen LogP contribution is -2.39. The molecule has 0 unspecified atom stereocenters. The predicted octanol–water partition coefficient (Wildman–Crippen LogP) is 4.59. The summed E-state index contributed by atoms with van der Waals surface area (Å²) in [4.78, 5) is 17.3. The molecule has 3 aromatic rings. The normalized spacial score (nSPS) is 17.9. The third-order valence-corrected chi connectivity index (χ3v) is 7.81. The van der Waals surface area contributed by atoms with Crippen molar-refractivity contribution in [3.05, 3.63) is 40.5 Å². The minimum absolute atomic E-state index is 0.174. The largest absolute Gasteiger partial charge is 0.490 e. The molecule has 2 aliphatic heterocycles. The second kappa shape index (κ2) is 10.5. The van der Waals surface area contributed by atoms with E-state index in [9.17, 15) is 0 Å². The number of piperidine rings is 1. The van der Waals surface area contributed by atoms with Gasteiger partial charge in [0.05, 0.1) is 31.8 Å². The van der Waals surface area contributed by atoms with Gasteiger partial charge in [-0.05, 0) is 38.5 Å². The SMILES string of the molecule is CCOc1ccccc1OC1CCN(c2nc(CN3CCOCC3)nc3sc(C)c(C)c23)CC1. The molecule has 0 amide bonds. The maximum atomic E-state index is 6.36. The Bertz CT molecular complexity index is 1120. The number of anilines is 1. The summed E-state index contributed by atoms with van der Waals surface area (Å²) < 4.78 is 17.6. The first-order valence-corrected chi connectivity index (χ1v) is 13.1. The Morgan fingerprint density at radius 3 is 2.50 bits per heavy atom. The first kappa shape index (κ1) is 23.3. The fraction of sp³-hybridized carbons (Fsp3) is 0.538. The van der Waals surface area contributed by atoms with Crippen LogP contribution in [0.4, 0.5) is 5.82 Å². The third-order valence-electron chi connectivity index (χ3n) is 6.71. The summed E-state index contributed by atoms with van der Waals surface area (Å²) in [6, 6.07) is 7.97. The molecular formula is C26H34N4O3S. The summed E-state index contributed by atoms with van der Waals surface area (Å²) in [5, 5.41) is 1.22. The molecule has 182 valence electrons. The Hall–Kier alpha value is -2.42. The molecule has 0 aliphatic carbocycles. The summed E-state index contributed by atoms with van der Waals surface area (Å²) in [5.74, 6) is 3.66. The van der Waals surface area contributed by atoms with Crippen LogP contribution >= 0.6 is 11.3 Å². The quantitative estimate of drug-likeness (QED) is 0.488. The van der Waals surface area contributed by atoms with Gasteiger partial charge in [0.25, 0.3) is 0 Å². The lowest BCUT2D eigenvalue weighted by Gasteiger charge is -2.34. The number of hydrogen-bond acceptors (Lipinski definition) is 8. The van der Waals surface area contributed by atoms with E-state index in [4.69, 9.17) is 24.2 Å². The molecule has 8 heteroatoms. The van der Waals surface area contributed by atoms with Gasteiger partial charge in [0.1, 0.15) is 22.6 Å². The van der Waals surface area contributed by atoms with Crippen molar-refractivity contribution >= 4 is 27.4 Å². The van der Waals surface area contributed by atoms with Crippen molar-refractivity contribution < 1.29 is 14.2 Å². The smallest absolute Gasteiger partial charge is 0.161 e. The van der Waals surface area contributed by atoms with Crippen LogP contribution in [0.25, 0.3) is 10.2 Å². The van der Waals surface area contributed by atoms with E-state index >= 15 is 0 Å². The van der Waals surface area contributed by atoms with E-state index in [-0.39, 0.29) is 6.10 Å². The van der Waals surface area contributed by atoms with Crippen molar-refractivity contribution in [3.63, 3.8) is 0 Å². The molecule has 0 atom stereocenters. The first-order valence-electron chi connectivity index (χ1n) is 12.3. The van der Waals surface area contributed by atoms with Gasteiger partial charge in [-0.3, -0.25) is 4.90 Å². The Balaban J connectivity index is 1.34. The van der Waals surface area contributed by atoms with Crippen molar-refractivity contribution in [2.75, 3.05) is 50.9 Å². The number of para-hydroxylation sites is 2. The third kappa shape index (κ3) is 4.99. The highest BCUT2D eigenvalue weighted by molar-refractivity contribution is 7.18. The monoisotopic (exact) mass is 482 g/mol. The van der Waals surface area contributed by atoms with Gasteiger partial charge in [0, 0.05) is 43.9 Å². The zero-order valence-electron chi connectivity index (χ0n) is 20.4. The van der Waals surface area contributed by atoms with Crippen LogP contribution in [0, 0.1) is 13.8 Å². The topological polar surface area (TPSA) is 60.0 Å². The number of rotatable bonds is 7. The number of hydrogen-bond donors (Lipinski definition) is 0. The van der Waals surface area contributed by atoms with Gasteiger partial charge in [-0.25, -0.2) is 9.97 Å². The molecule has 34 heavy (non-hydrogen) atoms. The zero-order chi connectivity index (χ0) is 23.5. The number of thiophene rings is 1. The maximum Gasteiger partial charge on any atom is 0.161 e. The first-order chi connectivity index (χ1) is 16.6. The number of fused-ring (bicyclic) bond motifs is 1. The average Bonchev–Trinajstić information content (AvgIpc) is 3.14. The Labute approximate surface area is 205 Å². The van der Waals surface area contributed by atoms with Gasteiger partial charge >= 0.3 is 0 Å². The highest BCUT2D eigenvalue weighted by Crippen LogP contribution is 2.37. The van der Waals surface area contributed by atoms with Gasteiger partial charge in [-0.15, -0.1) is 11.3 Å². The number of aromatic nitrogens is 2. The molecule has 0 bridgehead atoms. The second-order valence-corrected chi connectivity index (χ2v) is 10.2. The summed E-state index contributed by atoms with van der Waals surface area (Å²) in [5.41, 5.74) is 1.30. The van der Waals surface area contributed by atoms with Crippen LogP contribution in [-0.4, -0.2) is 67.0 Å². The molecular weight excluding hydrogens is 448 g/mol. The molecule has 2 aliphatic rings. The van der Waals surface area contributed by atoms with Crippen LogP contribution in [0.3, 0.4) is 0 Å². The highest BCUT2D eigenvalue weighted by atomic mass is 32.1. The van der Waals surface area contributed by atoms with Crippen LogP contribution in [0.15, 0.2) is 24.3 Å². The van der Waals surface area contributed by atoms with Gasteiger partial charge < -0.3 is 19.1 Å². The Kier molecular flexibility index (Phi) is 7.18. The molecule has 2 saturated heterocycles. The van der Waals surface area contributed by atoms with Crippen LogP contribution in [0.5, 0.6) is 11.5 Å². The highest BCUT2D eigenvalue weighted by Gasteiger charge is 2.26. The van der Waals surface area contributed by atoms with E-state index in [1.165, 1.54) is 15.8 Å². The fourth-order valence-corrected chi connectivity index (χ4v) is 5.76. The van der Waals surface area contributed by atoms with Gasteiger partial charge in [0.2, 0.25) is 0 Å². The molecule has 2 aromatic heterocycles.